The van der Waals surface area contributed by atoms with Crippen molar-refractivity contribution in [1.82, 2.24) is 0 Å². The lowest BCUT2D eigenvalue weighted by atomic mass is 10.0. The molecule has 1 amide bonds. The smallest absolute Gasteiger partial charge is 0.224 e. The summed E-state index contributed by atoms with van der Waals surface area (Å²) < 4.78 is 0. The quantitative estimate of drug-likeness (QED) is 0.710. The van der Waals surface area contributed by atoms with Gasteiger partial charge in [-0.25, -0.2) is 0 Å². The SMILES string of the molecule is Cc1cc(NC(=O)CCc2ccccc2)ccc1/C(C=[NH2+])=C/N. The molecule has 0 aromatic heterocycles. The van der Waals surface area contributed by atoms with E-state index < -0.39 is 0 Å². The first-order valence-electron chi connectivity index (χ1n) is 7.55. The lowest BCUT2D eigenvalue weighted by molar-refractivity contribution is -0.116. The van der Waals surface area contributed by atoms with Crippen LogP contribution in [0.2, 0.25) is 0 Å². The van der Waals surface area contributed by atoms with Crippen LogP contribution >= 0.6 is 0 Å². The number of amides is 1. The molecule has 118 valence electrons. The van der Waals surface area contributed by atoms with Crippen molar-refractivity contribution in [2.45, 2.75) is 19.8 Å². The standard InChI is InChI=1S/C19H21N3O/c1-14-11-17(8-9-18(14)16(12-20)13-21)22-19(23)10-7-15-5-3-2-4-6-15/h2-6,8-9,11-13,20H,7,10,21H2,1H3,(H,22,23)/p+1/b16-13+,20-12?. The molecule has 2 aromatic rings. The number of carbonyl (C=O) groups excluding carboxylic acids is 1. The fraction of sp³-hybridized carbons (Fsp3) is 0.158. The predicted molar refractivity (Wildman–Crippen MR) is 94.7 cm³/mol. The van der Waals surface area contributed by atoms with Crippen LogP contribution in [0.15, 0.2) is 54.7 Å². The van der Waals surface area contributed by atoms with Crippen molar-refractivity contribution < 1.29 is 10.2 Å². The molecule has 4 nitrogen and oxygen atoms in total. The third-order valence-electron chi connectivity index (χ3n) is 3.66. The first kappa shape index (κ1) is 16.5. The Bertz CT molecular complexity index is 721. The number of hydrogen-bond donors (Lipinski definition) is 3. The maximum Gasteiger partial charge on any atom is 0.224 e. The van der Waals surface area contributed by atoms with Crippen LogP contribution in [-0.2, 0) is 11.2 Å². The average Bonchev–Trinajstić information content (AvgIpc) is 2.57. The monoisotopic (exact) mass is 308 g/mol. The van der Waals surface area contributed by atoms with E-state index in [1.54, 1.807) is 0 Å². The zero-order valence-electron chi connectivity index (χ0n) is 13.3. The second kappa shape index (κ2) is 7.94. The van der Waals surface area contributed by atoms with Crippen molar-refractivity contribution in [2.75, 3.05) is 5.32 Å². The lowest BCUT2D eigenvalue weighted by Gasteiger charge is -2.09. The first-order valence-corrected chi connectivity index (χ1v) is 7.55. The normalized spacial score (nSPS) is 11.1. The van der Waals surface area contributed by atoms with Gasteiger partial charge < -0.3 is 11.1 Å². The van der Waals surface area contributed by atoms with Crippen LogP contribution in [-0.4, -0.2) is 12.1 Å². The van der Waals surface area contributed by atoms with Gasteiger partial charge in [0.2, 0.25) is 5.91 Å². The van der Waals surface area contributed by atoms with Crippen LogP contribution in [0.25, 0.3) is 5.57 Å². The second-order valence-corrected chi connectivity index (χ2v) is 5.35. The molecule has 0 aliphatic heterocycles. The second-order valence-electron chi connectivity index (χ2n) is 5.35. The molecule has 0 unspecified atom stereocenters. The van der Waals surface area contributed by atoms with Gasteiger partial charge in [-0.2, -0.15) is 0 Å². The fourth-order valence-electron chi connectivity index (χ4n) is 2.43. The molecule has 0 aliphatic carbocycles. The van der Waals surface area contributed by atoms with Crippen molar-refractivity contribution in [3.8, 4) is 0 Å². The third kappa shape index (κ3) is 4.54. The van der Waals surface area contributed by atoms with E-state index in [9.17, 15) is 4.79 Å². The Morgan fingerprint density at radius 2 is 1.96 bits per heavy atom. The summed E-state index contributed by atoms with van der Waals surface area (Å²) >= 11 is 0. The van der Waals surface area contributed by atoms with E-state index in [1.807, 2.05) is 55.5 Å². The number of nitrogens with one attached hydrogen (secondary N) is 1. The van der Waals surface area contributed by atoms with Gasteiger partial charge in [-0.3, -0.25) is 10.2 Å². The van der Waals surface area contributed by atoms with E-state index in [2.05, 4.69) is 5.32 Å². The molecule has 4 heteroatoms. The summed E-state index contributed by atoms with van der Waals surface area (Å²) in [4.78, 5) is 12.1. The Morgan fingerprint density at radius 1 is 1.22 bits per heavy atom. The molecule has 0 fully saturated rings. The largest absolute Gasteiger partial charge is 0.404 e. The molecule has 2 rings (SSSR count). The summed E-state index contributed by atoms with van der Waals surface area (Å²) in [6.07, 6.45) is 4.13. The summed E-state index contributed by atoms with van der Waals surface area (Å²) in [5.74, 6) is 0.000908. The molecular weight excluding hydrogens is 286 g/mol. The van der Waals surface area contributed by atoms with Crippen molar-refractivity contribution in [1.29, 1.82) is 0 Å². The van der Waals surface area contributed by atoms with Gasteiger partial charge in [0.05, 0.1) is 5.57 Å². The van der Waals surface area contributed by atoms with Gasteiger partial charge in [0.1, 0.15) is 0 Å². The highest BCUT2D eigenvalue weighted by atomic mass is 16.1. The highest BCUT2D eigenvalue weighted by Crippen LogP contribution is 2.20. The Kier molecular flexibility index (Phi) is 5.69. The van der Waals surface area contributed by atoms with Gasteiger partial charge in [0.25, 0.3) is 0 Å². The number of nitrogens with two attached hydrogens (primary N) is 2. The third-order valence-corrected chi connectivity index (χ3v) is 3.66. The number of hydrogen-bond acceptors (Lipinski definition) is 2. The number of carbonyl (C=O) groups is 1. The minimum Gasteiger partial charge on any atom is -0.404 e. The predicted octanol–water partition coefficient (Wildman–Crippen LogP) is 1.70. The van der Waals surface area contributed by atoms with Crippen LogP contribution in [0.5, 0.6) is 0 Å². The summed E-state index contributed by atoms with van der Waals surface area (Å²) in [6.45, 7) is 1.96. The first-order chi connectivity index (χ1) is 11.1. The molecule has 23 heavy (non-hydrogen) atoms. The molecule has 0 atom stereocenters. The van der Waals surface area contributed by atoms with Crippen LogP contribution in [0.4, 0.5) is 5.69 Å². The number of anilines is 1. The molecule has 0 spiro atoms. The molecular formula is C19H22N3O+. The van der Waals surface area contributed by atoms with Gasteiger partial charge in [-0.15, -0.1) is 0 Å². The van der Waals surface area contributed by atoms with E-state index in [0.717, 1.165) is 34.4 Å². The number of benzene rings is 2. The minimum atomic E-state index is 0.000908. The summed E-state index contributed by atoms with van der Waals surface area (Å²) in [6, 6.07) is 15.7. The Labute approximate surface area is 136 Å². The van der Waals surface area contributed by atoms with Crippen LogP contribution in [0.3, 0.4) is 0 Å². The Balaban J connectivity index is 1.99. The van der Waals surface area contributed by atoms with Crippen LogP contribution in [0, 0.1) is 6.92 Å². The fourth-order valence-corrected chi connectivity index (χ4v) is 2.43. The van der Waals surface area contributed by atoms with Gasteiger partial charge in [0, 0.05) is 18.3 Å². The van der Waals surface area contributed by atoms with Gasteiger partial charge in [-0.05, 0) is 42.2 Å². The van der Waals surface area contributed by atoms with Gasteiger partial charge >= 0.3 is 0 Å². The van der Waals surface area contributed by atoms with Crippen molar-refractivity contribution >= 4 is 23.4 Å². The Morgan fingerprint density at radius 3 is 2.57 bits per heavy atom. The number of aryl methyl sites for hydroxylation is 2. The molecule has 0 heterocycles. The maximum atomic E-state index is 12.1. The topological polar surface area (TPSA) is 80.7 Å². The van der Waals surface area contributed by atoms with Gasteiger partial charge in [0.15, 0.2) is 6.21 Å². The zero-order valence-corrected chi connectivity index (χ0v) is 13.3. The molecule has 2 aromatic carbocycles. The number of allylic oxidation sites excluding steroid dienone is 1. The van der Waals surface area contributed by atoms with E-state index in [-0.39, 0.29) is 5.91 Å². The molecule has 5 N–H and O–H groups in total. The Hall–Kier alpha value is -2.88. The van der Waals surface area contributed by atoms with E-state index in [1.165, 1.54) is 12.4 Å². The molecule has 0 saturated carbocycles. The summed E-state index contributed by atoms with van der Waals surface area (Å²) in [7, 11) is 0. The minimum absolute atomic E-state index is 0.000908. The highest BCUT2D eigenvalue weighted by molar-refractivity contribution is 6.07. The van der Waals surface area contributed by atoms with Crippen molar-refractivity contribution in [3.05, 3.63) is 71.4 Å². The van der Waals surface area contributed by atoms with Crippen molar-refractivity contribution in [3.63, 3.8) is 0 Å². The van der Waals surface area contributed by atoms with Gasteiger partial charge in [-0.1, -0.05) is 36.4 Å². The molecule has 0 radical (unpaired) electrons. The van der Waals surface area contributed by atoms with E-state index in [4.69, 9.17) is 11.1 Å². The molecule has 0 bridgehead atoms. The summed E-state index contributed by atoms with van der Waals surface area (Å²) in [5, 5.41) is 8.48. The van der Waals surface area contributed by atoms with Crippen LogP contribution in [0.1, 0.15) is 23.1 Å². The molecule has 0 aliphatic rings. The average molecular weight is 308 g/mol. The maximum absolute atomic E-state index is 12.1. The van der Waals surface area contributed by atoms with E-state index >= 15 is 0 Å². The number of rotatable bonds is 6. The summed E-state index contributed by atoms with van der Waals surface area (Å²) in [5.41, 5.74) is 10.2. The zero-order chi connectivity index (χ0) is 16.7. The van der Waals surface area contributed by atoms with E-state index in [0.29, 0.717) is 6.42 Å². The lowest BCUT2D eigenvalue weighted by Crippen LogP contribution is -2.30. The van der Waals surface area contributed by atoms with Crippen LogP contribution < -0.4 is 16.5 Å². The molecule has 0 saturated heterocycles. The highest BCUT2D eigenvalue weighted by Gasteiger charge is 2.08. The van der Waals surface area contributed by atoms with Crippen molar-refractivity contribution in [2.24, 2.45) is 5.73 Å².